The summed E-state index contributed by atoms with van der Waals surface area (Å²) in [5, 5.41) is 6.39. The topological polar surface area (TPSA) is 44.4 Å². The Hall–Kier alpha value is -1.39. The molecule has 2 rings (SSSR count). The van der Waals surface area contributed by atoms with E-state index in [9.17, 15) is 4.79 Å². The molecule has 4 nitrogen and oxygen atoms in total. The predicted molar refractivity (Wildman–Crippen MR) is 81.4 cm³/mol. The molecule has 1 aromatic rings. The number of carbonyl (C=O) groups excluding carboxylic acids is 1. The highest BCUT2D eigenvalue weighted by molar-refractivity contribution is 5.79. The molecule has 110 valence electrons. The summed E-state index contributed by atoms with van der Waals surface area (Å²) in [4.78, 5) is 14.4. The summed E-state index contributed by atoms with van der Waals surface area (Å²) >= 11 is 0. The van der Waals surface area contributed by atoms with Crippen LogP contribution in [-0.2, 0) is 4.79 Å². The third-order valence-corrected chi connectivity index (χ3v) is 4.13. The molecule has 1 amide bonds. The first kappa shape index (κ1) is 15.0. The molecule has 2 N–H and O–H groups in total. The number of benzene rings is 1. The summed E-state index contributed by atoms with van der Waals surface area (Å²) in [6.07, 6.45) is 0. The number of carbonyl (C=O) groups is 1. The standard InChI is InChI=1S/C16H25N3O/c1-12-9-17-10-14(12)16(20)18-11-15(19(2)3)13-7-5-4-6-8-13/h4-8,12,14-15,17H,9-11H2,1-3H3,(H,18,20). The van der Waals surface area contributed by atoms with Crippen molar-refractivity contribution >= 4 is 5.91 Å². The van der Waals surface area contributed by atoms with Crippen LogP contribution >= 0.6 is 0 Å². The molecule has 0 aromatic heterocycles. The van der Waals surface area contributed by atoms with E-state index < -0.39 is 0 Å². The number of nitrogens with one attached hydrogen (secondary N) is 2. The second-order valence-electron chi connectivity index (χ2n) is 5.88. The quantitative estimate of drug-likeness (QED) is 0.850. The summed E-state index contributed by atoms with van der Waals surface area (Å²) in [6.45, 7) is 4.52. The molecule has 20 heavy (non-hydrogen) atoms. The Bertz CT molecular complexity index is 433. The smallest absolute Gasteiger partial charge is 0.224 e. The zero-order chi connectivity index (χ0) is 14.5. The third kappa shape index (κ3) is 3.58. The van der Waals surface area contributed by atoms with E-state index in [1.807, 2.05) is 32.3 Å². The van der Waals surface area contributed by atoms with Crippen LogP contribution in [0.2, 0.25) is 0 Å². The zero-order valence-electron chi connectivity index (χ0n) is 12.6. The fourth-order valence-corrected chi connectivity index (χ4v) is 2.76. The van der Waals surface area contributed by atoms with Gasteiger partial charge in [0, 0.05) is 13.1 Å². The summed E-state index contributed by atoms with van der Waals surface area (Å²) < 4.78 is 0. The second kappa shape index (κ2) is 6.86. The minimum atomic E-state index is 0.105. The Morgan fingerprint density at radius 3 is 2.60 bits per heavy atom. The number of hydrogen-bond acceptors (Lipinski definition) is 3. The highest BCUT2D eigenvalue weighted by atomic mass is 16.1. The largest absolute Gasteiger partial charge is 0.354 e. The Labute approximate surface area is 121 Å². The van der Waals surface area contributed by atoms with Crippen LogP contribution in [0.4, 0.5) is 0 Å². The van der Waals surface area contributed by atoms with Crippen LogP contribution in [0.15, 0.2) is 30.3 Å². The van der Waals surface area contributed by atoms with Gasteiger partial charge in [-0.05, 0) is 32.1 Å². The van der Waals surface area contributed by atoms with Crippen LogP contribution in [-0.4, -0.2) is 44.5 Å². The van der Waals surface area contributed by atoms with Crippen molar-refractivity contribution in [2.45, 2.75) is 13.0 Å². The zero-order valence-corrected chi connectivity index (χ0v) is 12.6. The maximum Gasteiger partial charge on any atom is 0.224 e. The van der Waals surface area contributed by atoms with Crippen molar-refractivity contribution in [2.75, 3.05) is 33.7 Å². The van der Waals surface area contributed by atoms with E-state index in [2.05, 4.69) is 34.6 Å². The van der Waals surface area contributed by atoms with Gasteiger partial charge < -0.3 is 15.5 Å². The minimum absolute atomic E-state index is 0.105. The monoisotopic (exact) mass is 275 g/mol. The number of likely N-dealkylation sites (N-methyl/N-ethyl adjacent to an activating group) is 1. The van der Waals surface area contributed by atoms with E-state index in [-0.39, 0.29) is 17.9 Å². The molecule has 3 atom stereocenters. The van der Waals surface area contributed by atoms with Gasteiger partial charge in [0.05, 0.1) is 12.0 Å². The van der Waals surface area contributed by atoms with Crippen LogP contribution < -0.4 is 10.6 Å². The van der Waals surface area contributed by atoms with Gasteiger partial charge in [0.1, 0.15) is 0 Å². The van der Waals surface area contributed by atoms with Gasteiger partial charge in [-0.25, -0.2) is 0 Å². The first-order chi connectivity index (χ1) is 9.59. The van der Waals surface area contributed by atoms with Gasteiger partial charge in [0.25, 0.3) is 0 Å². The first-order valence-electron chi connectivity index (χ1n) is 7.29. The molecule has 0 aliphatic carbocycles. The van der Waals surface area contributed by atoms with Gasteiger partial charge in [-0.3, -0.25) is 4.79 Å². The fourth-order valence-electron chi connectivity index (χ4n) is 2.76. The number of nitrogens with zero attached hydrogens (tertiary/aromatic N) is 1. The molecule has 4 heteroatoms. The van der Waals surface area contributed by atoms with Crippen molar-refractivity contribution in [3.8, 4) is 0 Å². The molecule has 1 aliphatic heterocycles. The molecule has 1 fully saturated rings. The molecule has 1 aromatic carbocycles. The molecule has 0 bridgehead atoms. The summed E-state index contributed by atoms with van der Waals surface area (Å²) in [5.74, 6) is 0.698. The Morgan fingerprint density at radius 1 is 1.35 bits per heavy atom. The van der Waals surface area contributed by atoms with Gasteiger partial charge in [-0.1, -0.05) is 37.3 Å². The van der Waals surface area contributed by atoms with E-state index in [0.717, 1.165) is 13.1 Å². The van der Waals surface area contributed by atoms with Crippen molar-refractivity contribution in [2.24, 2.45) is 11.8 Å². The number of rotatable bonds is 5. The fraction of sp³-hybridized carbons (Fsp3) is 0.562. The van der Waals surface area contributed by atoms with Crippen molar-refractivity contribution < 1.29 is 4.79 Å². The molecule has 3 unspecified atom stereocenters. The van der Waals surface area contributed by atoms with Crippen molar-refractivity contribution in [3.63, 3.8) is 0 Å². The highest BCUT2D eigenvalue weighted by Crippen LogP contribution is 2.19. The predicted octanol–water partition coefficient (Wildman–Crippen LogP) is 1.26. The molecule has 0 spiro atoms. The normalized spacial score (nSPS) is 23.8. The Morgan fingerprint density at radius 2 is 2.05 bits per heavy atom. The average Bonchev–Trinajstić information content (AvgIpc) is 2.86. The van der Waals surface area contributed by atoms with Crippen LogP contribution in [0.5, 0.6) is 0 Å². The molecular formula is C16H25N3O. The van der Waals surface area contributed by atoms with Gasteiger partial charge >= 0.3 is 0 Å². The molecule has 1 aliphatic rings. The summed E-state index contributed by atoms with van der Waals surface area (Å²) in [5.41, 5.74) is 1.23. The highest BCUT2D eigenvalue weighted by Gasteiger charge is 2.29. The summed E-state index contributed by atoms with van der Waals surface area (Å²) in [7, 11) is 4.09. The molecule has 1 saturated heterocycles. The number of hydrogen-bond donors (Lipinski definition) is 2. The molecule has 0 radical (unpaired) electrons. The molecule has 0 saturated carbocycles. The van der Waals surface area contributed by atoms with Crippen LogP contribution in [0.3, 0.4) is 0 Å². The van der Waals surface area contributed by atoms with Gasteiger partial charge in [0.15, 0.2) is 0 Å². The van der Waals surface area contributed by atoms with Crippen molar-refractivity contribution in [3.05, 3.63) is 35.9 Å². The van der Waals surface area contributed by atoms with Crippen molar-refractivity contribution in [1.82, 2.24) is 15.5 Å². The lowest BCUT2D eigenvalue weighted by molar-refractivity contribution is -0.125. The summed E-state index contributed by atoms with van der Waals surface area (Å²) in [6, 6.07) is 10.5. The van der Waals surface area contributed by atoms with Gasteiger partial charge in [0.2, 0.25) is 5.91 Å². The minimum Gasteiger partial charge on any atom is -0.354 e. The van der Waals surface area contributed by atoms with Gasteiger partial charge in [-0.2, -0.15) is 0 Å². The Kier molecular flexibility index (Phi) is 5.15. The Balaban J connectivity index is 1.94. The van der Waals surface area contributed by atoms with E-state index in [1.54, 1.807) is 0 Å². The second-order valence-corrected chi connectivity index (χ2v) is 5.88. The van der Waals surface area contributed by atoms with Crippen LogP contribution in [0.25, 0.3) is 0 Å². The van der Waals surface area contributed by atoms with E-state index in [1.165, 1.54) is 5.56 Å². The maximum atomic E-state index is 12.2. The maximum absolute atomic E-state index is 12.2. The molecular weight excluding hydrogens is 250 g/mol. The van der Waals surface area contributed by atoms with E-state index in [0.29, 0.717) is 12.5 Å². The lowest BCUT2D eigenvalue weighted by atomic mass is 9.97. The van der Waals surface area contributed by atoms with Crippen LogP contribution in [0, 0.1) is 11.8 Å². The number of amides is 1. The first-order valence-corrected chi connectivity index (χ1v) is 7.29. The third-order valence-electron chi connectivity index (χ3n) is 4.13. The van der Waals surface area contributed by atoms with Gasteiger partial charge in [-0.15, -0.1) is 0 Å². The SMILES string of the molecule is CC1CNCC1C(=O)NCC(c1ccccc1)N(C)C. The van der Waals surface area contributed by atoms with E-state index >= 15 is 0 Å². The lowest BCUT2D eigenvalue weighted by Gasteiger charge is -2.26. The molecule has 1 heterocycles. The average molecular weight is 275 g/mol. The lowest BCUT2D eigenvalue weighted by Crippen LogP contribution is -2.39. The van der Waals surface area contributed by atoms with E-state index in [4.69, 9.17) is 0 Å². The van der Waals surface area contributed by atoms with Crippen molar-refractivity contribution in [1.29, 1.82) is 0 Å². The van der Waals surface area contributed by atoms with Crippen LogP contribution in [0.1, 0.15) is 18.5 Å².